The summed E-state index contributed by atoms with van der Waals surface area (Å²) in [7, 11) is -2.92. The molecule has 1 fully saturated rings. The van der Waals surface area contributed by atoms with Gasteiger partial charge in [-0.1, -0.05) is 29.4 Å². The molecule has 124 valence electrons. The lowest BCUT2D eigenvalue weighted by Crippen LogP contribution is -2.43. The normalized spacial score (nSPS) is 18.5. The van der Waals surface area contributed by atoms with E-state index in [0.717, 1.165) is 11.1 Å². The second kappa shape index (κ2) is 6.38. The third-order valence-electron chi connectivity index (χ3n) is 3.86. The van der Waals surface area contributed by atoms with Crippen LogP contribution in [0.5, 0.6) is 0 Å². The third kappa shape index (κ3) is 3.60. The molecule has 0 radical (unpaired) electrons. The van der Waals surface area contributed by atoms with Gasteiger partial charge in [-0.2, -0.15) is 4.98 Å². The molecule has 1 aromatic heterocycles. The van der Waals surface area contributed by atoms with E-state index in [-0.39, 0.29) is 23.3 Å². The van der Waals surface area contributed by atoms with Crippen LogP contribution in [0.25, 0.3) is 11.4 Å². The predicted molar refractivity (Wildman–Crippen MR) is 84.1 cm³/mol. The maximum Gasteiger partial charge on any atom is 0.244 e. The van der Waals surface area contributed by atoms with Crippen molar-refractivity contribution in [1.29, 1.82) is 0 Å². The molecule has 2 heterocycles. The molecule has 0 bridgehead atoms. The van der Waals surface area contributed by atoms with Crippen molar-refractivity contribution < 1.29 is 17.7 Å². The molecule has 3 rings (SSSR count). The van der Waals surface area contributed by atoms with Crippen LogP contribution in [-0.2, 0) is 21.2 Å². The van der Waals surface area contributed by atoms with Crippen LogP contribution in [0.3, 0.4) is 0 Å². The van der Waals surface area contributed by atoms with Gasteiger partial charge in [-0.25, -0.2) is 8.42 Å². The first-order valence-corrected chi connectivity index (χ1v) is 9.27. The van der Waals surface area contributed by atoms with Gasteiger partial charge in [-0.05, 0) is 12.5 Å². The second-order valence-corrected chi connectivity index (χ2v) is 7.81. The minimum Gasteiger partial charge on any atom is -0.377 e. The van der Waals surface area contributed by atoms with E-state index in [1.54, 1.807) is 0 Å². The Bertz CT molecular complexity index is 758. The number of ether oxygens (including phenoxy) is 1. The number of sulfone groups is 1. The van der Waals surface area contributed by atoms with E-state index in [1.165, 1.54) is 0 Å². The number of aromatic nitrogens is 2. The molecule has 23 heavy (non-hydrogen) atoms. The summed E-state index contributed by atoms with van der Waals surface area (Å²) in [5.74, 6) is 0.733. The van der Waals surface area contributed by atoms with Crippen molar-refractivity contribution in [2.24, 2.45) is 11.7 Å². The van der Waals surface area contributed by atoms with Crippen molar-refractivity contribution in [3.63, 3.8) is 0 Å². The fourth-order valence-electron chi connectivity index (χ4n) is 2.47. The third-order valence-corrected chi connectivity index (χ3v) is 5.73. The van der Waals surface area contributed by atoms with Crippen molar-refractivity contribution in [3.05, 3.63) is 35.7 Å². The smallest absolute Gasteiger partial charge is 0.244 e. The zero-order valence-corrected chi connectivity index (χ0v) is 13.6. The molecule has 1 saturated heterocycles. The van der Waals surface area contributed by atoms with E-state index in [0.29, 0.717) is 19.0 Å². The van der Waals surface area contributed by atoms with Gasteiger partial charge in [0.2, 0.25) is 11.7 Å². The van der Waals surface area contributed by atoms with Crippen LogP contribution in [0.15, 0.2) is 28.8 Å². The van der Waals surface area contributed by atoms with E-state index in [1.807, 2.05) is 31.2 Å². The van der Waals surface area contributed by atoms with E-state index in [4.69, 9.17) is 15.0 Å². The molecule has 0 saturated carbocycles. The molecule has 1 unspecified atom stereocenters. The van der Waals surface area contributed by atoms with Crippen molar-refractivity contribution in [1.82, 2.24) is 10.1 Å². The van der Waals surface area contributed by atoms with E-state index in [9.17, 15) is 8.42 Å². The SMILES string of the molecule is CCOCc1ccc(-c2noc(C(N)C3CS(=O)(=O)C3)n2)cc1. The number of nitrogens with two attached hydrogens (primary N) is 1. The Labute approximate surface area is 134 Å². The molecule has 1 aromatic carbocycles. The predicted octanol–water partition coefficient (Wildman–Crippen LogP) is 1.32. The average Bonchev–Trinajstić information content (AvgIpc) is 3.00. The highest BCUT2D eigenvalue weighted by atomic mass is 32.2. The highest BCUT2D eigenvalue weighted by Gasteiger charge is 2.40. The molecule has 0 amide bonds. The number of hydrogen-bond donors (Lipinski definition) is 1. The quantitative estimate of drug-likeness (QED) is 0.846. The molecular formula is C15H19N3O4S. The summed E-state index contributed by atoms with van der Waals surface area (Å²) in [6, 6.07) is 7.13. The lowest BCUT2D eigenvalue weighted by Gasteiger charge is -2.28. The maximum atomic E-state index is 11.2. The van der Waals surface area contributed by atoms with Crippen molar-refractivity contribution in [2.75, 3.05) is 18.1 Å². The summed E-state index contributed by atoms with van der Waals surface area (Å²) in [6.07, 6.45) is 0. The maximum absolute atomic E-state index is 11.2. The molecule has 8 heteroatoms. The molecule has 1 aliphatic rings. The Morgan fingerprint density at radius 1 is 1.35 bits per heavy atom. The minimum absolute atomic E-state index is 0.0814. The first-order valence-electron chi connectivity index (χ1n) is 7.45. The fraction of sp³-hybridized carbons (Fsp3) is 0.467. The Kier molecular flexibility index (Phi) is 4.47. The lowest BCUT2D eigenvalue weighted by atomic mass is 10.0. The molecule has 1 atom stereocenters. The highest BCUT2D eigenvalue weighted by molar-refractivity contribution is 7.92. The van der Waals surface area contributed by atoms with Gasteiger partial charge in [0.1, 0.15) is 0 Å². The van der Waals surface area contributed by atoms with Crippen molar-refractivity contribution in [3.8, 4) is 11.4 Å². The van der Waals surface area contributed by atoms with Crippen LogP contribution in [0.2, 0.25) is 0 Å². The number of hydrogen-bond acceptors (Lipinski definition) is 7. The van der Waals surface area contributed by atoms with Gasteiger partial charge in [-0.15, -0.1) is 0 Å². The summed E-state index contributed by atoms with van der Waals surface area (Å²) in [5.41, 5.74) is 7.89. The zero-order valence-electron chi connectivity index (χ0n) is 12.8. The average molecular weight is 337 g/mol. The molecular weight excluding hydrogens is 318 g/mol. The minimum atomic E-state index is -2.92. The first kappa shape index (κ1) is 16.1. The van der Waals surface area contributed by atoms with E-state index in [2.05, 4.69) is 10.1 Å². The molecule has 0 spiro atoms. The van der Waals surface area contributed by atoms with Crippen LogP contribution in [-0.4, -0.2) is 36.7 Å². The molecule has 7 nitrogen and oxygen atoms in total. The molecule has 2 N–H and O–H groups in total. The number of nitrogens with zero attached hydrogens (tertiary/aromatic N) is 2. The van der Waals surface area contributed by atoms with Crippen LogP contribution in [0.4, 0.5) is 0 Å². The summed E-state index contributed by atoms with van der Waals surface area (Å²) < 4.78 is 33.0. The Morgan fingerprint density at radius 3 is 2.65 bits per heavy atom. The van der Waals surface area contributed by atoms with Crippen LogP contribution in [0.1, 0.15) is 24.4 Å². The first-order chi connectivity index (χ1) is 11.0. The highest BCUT2D eigenvalue weighted by Crippen LogP contribution is 2.30. The van der Waals surface area contributed by atoms with Gasteiger partial charge >= 0.3 is 0 Å². The van der Waals surface area contributed by atoms with Crippen molar-refractivity contribution in [2.45, 2.75) is 19.6 Å². The molecule has 1 aliphatic heterocycles. The zero-order chi connectivity index (χ0) is 16.4. The van der Waals surface area contributed by atoms with E-state index >= 15 is 0 Å². The summed E-state index contributed by atoms with van der Waals surface area (Å²) >= 11 is 0. The largest absolute Gasteiger partial charge is 0.377 e. The van der Waals surface area contributed by atoms with Crippen LogP contribution in [0, 0.1) is 5.92 Å². The number of rotatable bonds is 6. The topological polar surface area (TPSA) is 108 Å². The fourth-order valence-corrected chi connectivity index (χ4v) is 4.09. The van der Waals surface area contributed by atoms with Crippen molar-refractivity contribution >= 4 is 9.84 Å². The summed E-state index contributed by atoms with van der Waals surface area (Å²) in [6.45, 7) is 3.19. The van der Waals surface area contributed by atoms with Gasteiger partial charge in [-0.3, -0.25) is 0 Å². The lowest BCUT2D eigenvalue weighted by molar-refractivity contribution is 0.134. The Morgan fingerprint density at radius 2 is 2.04 bits per heavy atom. The van der Waals surface area contributed by atoms with Gasteiger partial charge in [0.05, 0.1) is 24.2 Å². The molecule has 2 aromatic rings. The van der Waals surface area contributed by atoms with Crippen LogP contribution < -0.4 is 5.73 Å². The summed E-state index contributed by atoms with van der Waals surface area (Å²) in [5, 5.41) is 3.93. The van der Waals surface area contributed by atoms with Gasteiger partial charge in [0.25, 0.3) is 0 Å². The van der Waals surface area contributed by atoms with Crippen LogP contribution >= 0.6 is 0 Å². The summed E-state index contributed by atoms with van der Waals surface area (Å²) in [4.78, 5) is 4.29. The monoisotopic (exact) mass is 337 g/mol. The van der Waals surface area contributed by atoms with Gasteiger partial charge < -0.3 is 15.0 Å². The van der Waals surface area contributed by atoms with Gasteiger partial charge in [0, 0.05) is 18.1 Å². The standard InChI is InChI=1S/C15H19N3O4S/c1-2-21-7-10-3-5-11(6-4-10)14-17-15(22-18-14)13(16)12-8-23(19,20)9-12/h3-6,12-13H,2,7-9,16H2,1H3. The number of benzene rings is 1. The van der Waals surface area contributed by atoms with E-state index < -0.39 is 15.9 Å². The Balaban J connectivity index is 1.69. The van der Waals surface area contributed by atoms with Gasteiger partial charge in [0.15, 0.2) is 9.84 Å². The second-order valence-electron chi connectivity index (χ2n) is 5.65. The Hall–Kier alpha value is -1.77. The molecule has 0 aliphatic carbocycles.